The van der Waals surface area contributed by atoms with Crippen molar-refractivity contribution in [3.8, 4) is 11.1 Å². The van der Waals surface area contributed by atoms with Gasteiger partial charge in [-0.2, -0.15) is 5.10 Å². The smallest absolute Gasteiger partial charge is 0.251 e. The van der Waals surface area contributed by atoms with Gasteiger partial charge in [0.25, 0.3) is 5.91 Å². The van der Waals surface area contributed by atoms with E-state index >= 15 is 0 Å². The molecule has 0 saturated heterocycles. The Hall–Kier alpha value is -4.25. The number of aromatic amines is 1. The first kappa shape index (κ1) is 38.5. The summed E-state index contributed by atoms with van der Waals surface area (Å²) in [5.74, 6) is -0.113. The van der Waals surface area contributed by atoms with Crippen LogP contribution in [0.15, 0.2) is 60.7 Å². The molecular formula is C42H54ClN7O3. The van der Waals surface area contributed by atoms with E-state index in [4.69, 9.17) is 17.3 Å². The highest BCUT2D eigenvalue weighted by Gasteiger charge is 2.30. The summed E-state index contributed by atoms with van der Waals surface area (Å²) < 4.78 is 0. The molecule has 2 fully saturated rings. The van der Waals surface area contributed by atoms with Gasteiger partial charge in [-0.15, -0.1) is 0 Å². The minimum Gasteiger partial charge on any atom is -0.349 e. The minimum absolute atomic E-state index is 0.0202. The summed E-state index contributed by atoms with van der Waals surface area (Å²) in [6.07, 6.45) is 7.95. The maximum Gasteiger partial charge on any atom is 0.251 e. The van der Waals surface area contributed by atoms with Crippen LogP contribution in [-0.2, 0) is 16.0 Å². The molecule has 3 aromatic carbocycles. The number of fused-ring (bicyclic) bond motifs is 1. The monoisotopic (exact) mass is 739 g/mol. The average molecular weight is 740 g/mol. The molecule has 4 aromatic rings. The Labute approximate surface area is 318 Å². The number of hydrogen-bond donors (Lipinski definition) is 5. The predicted molar refractivity (Wildman–Crippen MR) is 213 cm³/mol. The Morgan fingerprint density at radius 1 is 0.925 bits per heavy atom. The number of amides is 3. The van der Waals surface area contributed by atoms with Crippen molar-refractivity contribution < 1.29 is 14.4 Å². The van der Waals surface area contributed by atoms with Crippen LogP contribution in [0.25, 0.3) is 22.0 Å². The van der Waals surface area contributed by atoms with Gasteiger partial charge in [-0.3, -0.25) is 19.5 Å². The lowest BCUT2D eigenvalue weighted by Crippen LogP contribution is -2.48. The van der Waals surface area contributed by atoms with Gasteiger partial charge in [0, 0.05) is 41.1 Å². The van der Waals surface area contributed by atoms with Crippen LogP contribution >= 0.6 is 11.6 Å². The molecular weight excluding hydrogens is 686 g/mol. The summed E-state index contributed by atoms with van der Waals surface area (Å²) in [5, 5.41) is 17.5. The van der Waals surface area contributed by atoms with E-state index in [2.05, 4.69) is 44.9 Å². The number of nitrogens with zero attached hydrogens (tertiary/aromatic N) is 2. The molecule has 1 aromatic heterocycles. The highest BCUT2D eigenvalue weighted by Crippen LogP contribution is 2.30. The number of rotatable bonds is 13. The van der Waals surface area contributed by atoms with Crippen molar-refractivity contribution in [3.05, 3.63) is 82.5 Å². The van der Waals surface area contributed by atoms with Gasteiger partial charge < -0.3 is 26.6 Å². The third-order valence-corrected chi connectivity index (χ3v) is 11.8. The second-order valence-electron chi connectivity index (χ2n) is 14.9. The van der Waals surface area contributed by atoms with E-state index in [0.29, 0.717) is 46.8 Å². The number of aryl methyl sites for hydroxylation is 1. The number of halogens is 1. The van der Waals surface area contributed by atoms with Gasteiger partial charge in [0.2, 0.25) is 11.8 Å². The van der Waals surface area contributed by atoms with Gasteiger partial charge in [-0.25, -0.2) is 0 Å². The fourth-order valence-corrected chi connectivity index (χ4v) is 8.43. The maximum atomic E-state index is 13.8. The molecule has 282 valence electrons. The molecule has 2 saturated carbocycles. The fourth-order valence-electron chi connectivity index (χ4n) is 8.22. The molecule has 0 aliphatic heterocycles. The third kappa shape index (κ3) is 9.47. The molecule has 0 spiro atoms. The molecule has 6 N–H and O–H groups in total. The van der Waals surface area contributed by atoms with Gasteiger partial charge >= 0.3 is 0 Å². The van der Waals surface area contributed by atoms with Crippen LogP contribution in [0, 0.1) is 18.8 Å². The molecule has 6 rings (SSSR count). The quantitative estimate of drug-likeness (QED) is 0.0999. The van der Waals surface area contributed by atoms with Crippen molar-refractivity contribution in [2.24, 2.45) is 17.6 Å². The number of hydrogen-bond acceptors (Lipinski definition) is 6. The van der Waals surface area contributed by atoms with E-state index < -0.39 is 6.04 Å². The molecule has 1 heterocycles. The molecule has 0 unspecified atom stereocenters. The first-order valence-corrected chi connectivity index (χ1v) is 19.7. The first-order chi connectivity index (χ1) is 25.6. The van der Waals surface area contributed by atoms with Crippen LogP contribution < -0.4 is 21.7 Å². The molecule has 10 nitrogen and oxygen atoms in total. The molecule has 2 aliphatic rings. The van der Waals surface area contributed by atoms with E-state index in [9.17, 15) is 14.4 Å². The Bertz CT molecular complexity index is 1870. The second-order valence-corrected chi connectivity index (χ2v) is 15.3. The van der Waals surface area contributed by atoms with Gasteiger partial charge in [-0.1, -0.05) is 55.8 Å². The normalized spacial score (nSPS) is 20.9. The van der Waals surface area contributed by atoms with Crippen LogP contribution in [0.1, 0.15) is 86.7 Å². The Kier molecular flexibility index (Phi) is 12.9. The molecule has 11 heteroatoms. The van der Waals surface area contributed by atoms with Gasteiger partial charge in [0.1, 0.15) is 11.2 Å². The number of aromatic nitrogens is 2. The summed E-state index contributed by atoms with van der Waals surface area (Å²) in [4.78, 5) is 43.0. The highest BCUT2D eigenvalue weighted by molar-refractivity contribution is 6.34. The Morgan fingerprint density at radius 2 is 1.64 bits per heavy atom. The van der Waals surface area contributed by atoms with Gasteiger partial charge in [0.05, 0.1) is 5.52 Å². The molecule has 53 heavy (non-hydrogen) atoms. The van der Waals surface area contributed by atoms with Crippen LogP contribution in [0.5, 0.6) is 0 Å². The third-order valence-electron chi connectivity index (χ3n) is 11.5. The molecule has 0 bridgehead atoms. The average Bonchev–Trinajstić information content (AvgIpc) is 3.55. The minimum atomic E-state index is -0.786. The molecule has 3 amide bonds. The Balaban J connectivity index is 1.11. The lowest BCUT2D eigenvalue weighted by Gasteiger charge is -2.36. The van der Waals surface area contributed by atoms with Crippen LogP contribution in [0.3, 0.4) is 0 Å². The lowest BCUT2D eigenvalue weighted by atomic mass is 9.81. The topological polar surface area (TPSA) is 145 Å². The maximum absolute atomic E-state index is 13.8. The number of anilines is 1. The zero-order valence-corrected chi connectivity index (χ0v) is 32.0. The number of nitrogens with two attached hydrogens (primary N) is 1. The summed E-state index contributed by atoms with van der Waals surface area (Å²) in [5.41, 5.74) is 11.7. The SMILES string of the molecule is CCN(CC)C1CCC(NC(=O)c2ccc(-c3ccc(C[C@H](NC(=O)C4CCC(CN)CC4)C(=O)Nc4ccc5c(Cl)[nH]nc5c4)cc3)c(C)c2)CC1. The number of carbonyl (C=O) groups is 3. The van der Waals surface area contributed by atoms with Crippen LogP contribution in [0.2, 0.25) is 5.15 Å². The van der Waals surface area contributed by atoms with Gasteiger partial charge in [-0.05, 0) is 136 Å². The lowest BCUT2D eigenvalue weighted by molar-refractivity contribution is -0.130. The molecule has 1 atom stereocenters. The summed E-state index contributed by atoms with van der Waals surface area (Å²) >= 11 is 6.17. The summed E-state index contributed by atoms with van der Waals surface area (Å²) in [6.45, 7) is 9.24. The van der Waals surface area contributed by atoms with Crippen molar-refractivity contribution in [1.29, 1.82) is 0 Å². The number of benzene rings is 3. The summed E-state index contributed by atoms with van der Waals surface area (Å²) in [7, 11) is 0. The first-order valence-electron chi connectivity index (χ1n) is 19.3. The van der Waals surface area contributed by atoms with Crippen LogP contribution in [-0.4, -0.2) is 70.6 Å². The zero-order chi connectivity index (χ0) is 37.5. The van der Waals surface area contributed by atoms with E-state index in [1.54, 1.807) is 18.2 Å². The van der Waals surface area contributed by atoms with Crippen LogP contribution in [0.4, 0.5) is 5.69 Å². The summed E-state index contributed by atoms with van der Waals surface area (Å²) in [6, 6.07) is 19.3. The predicted octanol–water partition coefficient (Wildman–Crippen LogP) is 7.01. The van der Waals surface area contributed by atoms with E-state index in [1.165, 1.54) is 0 Å². The number of carbonyl (C=O) groups excluding carboxylic acids is 3. The van der Waals surface area contributed by atoms with E-state index in [1.807, 2.05) is 49.4 Å². The van der Waals surface area contributed by atoms with Crippen molar-refractivity contribution in [3.63, 3.8) is 0 Å². The number of nitrogens with one attached hydrogen (secondary N) is 4. The fraction of sp³-hybridized carbons (Fsp3) is 0.476. The van der Waals surface area contributed by atoms with Crippen molar-refractivity contribution in [1.82, 2.24) is 25.7 Å². The molecule has 0 radical (unpaired) electrons. The second kappa shape index (κ2) is 17.7. The standard InChI is InChI=1S/C42H54ClN7O3/c1-4-50(5-2)34-18-15-32(16-19-34)45-41(52)31-14-20-35(26(3)22-31)29-10-6-27(7-11-29)23-38(47-40(51)30-12-8-28(25-44)9-13-30)42(53)46-33-17-21-36-37(24-33)48-49-39(36)43/h6-7,10-11,14,17,20-22,24,28,30,32,34,38H,4-5,8-9,12-13,15-16,18-19,23,25,44H2,1-3H3,(H,45,52)(H,46,53)(H,47,51)(H,48,49)/t28?,30?,32?,34?,38-/m0/s1. The van der Waals surface area contributed by atoms with E-state index in [-0.39, 0.29) is 29.7 Å². The number of H-pyrrole nitrogens is 1. The van der Waals surface area contributed by atoms with Crippen molar-refractivity contribution in [2.75, 3.05) is 25.0 Å². The Morgan fingerprint density at radius 3 is 2.30 bits per heavy atom. The largest absolute Gasteiger partial charge is 0.349 e. The van der Waals surface area contributed by atoms with Crippen molar-refractivity contribution in [2.45, 2.75) is 96.7 Å². The van der Waals surface area contributed by atoms with Crippen molar-refractivity contribution >= 4 is 45.9 Å². The van der Waals surface area contributed by atoms with E-state index in [0.717, 1.165) is 92.1 Å². The highest BCUT2D eigenvalue weighted by atomic mass is 35.5. The zero-order valence-electron chi connectivity index (χ0n) is 31.2. The molecule has 2 aliphatic carbocycles. The van der Waals surface area contributed by atoms with Gasteiger partial charge in [0.15, 0.2) is 0 Å².